The number of anilines is 1. The normalized spacial score (nSPS) is 12.6. The molecule has 10 heteroatoms. The van der Waals surface area contributed by atoms with Gasteiger partial charge in [-0.15, -0.1) is 0 Å². The lowest BCUT2D eigenvalue weighted by molar-refractivity contribution is 0.102. The molecule has 2 aromatic carbocycles. The van der Waals surface area contributed by atoms with E-state index in [1.165, 1.54) is 18.2 Å². The Morgan fingerprint density at radius 1 is 1.19 bits per heavy atom. The van der Waals surface area contributed by atoms with E-state index in [0.29, 0.717) is 17.1 Å². The molecule has 170 valence electrons. The predicted molar refractivity (Wildman–Crippen MR) is 118 cm³/mol. The molecule has 1 unspecified atom stereocenters. The largest absolute Gasteiger partial charge is 0.393 e. The number of hydrogen-bond acceptors (Lipinski definition) is 4. The number of aromatic nitrogens is 1. The van der Waals surface area contributed by atoms with Crippen LogP contribution in [0.1, 0.15) is 28.7 Å². The van der Waals surface area contributed by atoms with Gasteiger partial charge in [-0.05, 0) is 56.3 Å². The minimum Gasteiger partial charge on any atom is -0.393 e. The molecule has 1 heterocycles. The topological polar surface area (TPSA) is 88.4 Å². The van der Waals surface area contributed by atoms with Crippen LogP contribution < -0.4 is 5.32 Å². The van der Waals surface area contributed by atoms with Gasteiger partial charge in [0.2, 0.25) is 0 Å². The summed E-state index contributed by atoms with van der Waals surface area (Å²) in [6.45, 7) is 3.25. The molecule has 3 aromatic rings. The summed E-state index contributed by atoms with van der Waals surface area (Å²) in [5.41, 5.74) is 1.77. The number of aliphatic hydroxyl groups excluding tert-OH is 1. The smallest absolute Gasteiger partial charge is 0.257 e. The number of halogens is 3. The highest BCUT2D eigenvalue weighted by molar-refractivity contribution is 7.90. The molecule has 2 N–H and O–H groups in total. The second-order valence-electron chi connectivity index (χ2n) is 7.49. The van der Waals surface area contributed by atoms with Crippen molar-refractivity contribution in [3.8, 4) is 5.69 Å². The van der Waals surface area contributed by atoms with Crippen LogP contribution in [0.5, 0.6) is 0 Å². The Hall–Kier alpha value is -2.75. The Morgan fingerprint density at radius 3 is 2.44 bits per heavy atom. The van der Waals surface area contributed by atoms with Crippen LogP contribution in [0.2, 0.25) is 5.02 Å². The predicted octanol–water partition coefficient (Wildman–Crippen LogP) is 4.30. The van der Waals surface area contributed by atoms with Crippen molar-refractivity contribution in [1.29, 1.82) is 0 Å². The van der Waals surface area contributed by atoms with Gasteiger partial charge >= 0.3 is 0 Å². The fraction of sp³-hybridized carbons (Fsp3) is 0.227. The summed E-state index contributed by atoms with van der Waals surface area (Å²) in [7, 11) is -3.74. The quantitative estimate of drug-likeness (QED) is 0.548. The van der Waals surface area contributed by atoms with Gasteiger partial charge < -0.3 is 15.0 Å². The molecule has 0 aliphatic carbocycles. The Bertz CT molecular complexity index is 1300. The van der Waals surface area contributed by atoms with Gasteiger partial charge in [-0.1, -0.05) is 11.6 Å². The maximum atomic E-state index is 14.2. The molecule has 0 spiro atoms. The lowest BCUT2D eigenvalue weighted by Gasteiger charge is -2.15. The van der Waals surface area contributed by atoms with Crippen LogP contribution in [0.4, 0.5) is 14.5 Å². The van der Waals surface area contributed by atoms with Gasteiger partial charge in [-0.25, -0.2) is 17.2 Å². The van der Waals surface area contributed by atoms with Crippen LogP contribution in [0.15, 0.2) is 47.4 Å². The minimum absolute atomic E-state index is 0.0731. The van der Waals surface area contributed by atoms with Gasteiger partial charge in [-0.2, -0.15) is 0 Å². The van der Waals surface area contributed by atoms with Crippen molar-refractivity contribution in [3.63, 3.8) is 0 Å². The van der Waals surface area contributed by atoms with Crippen LogP contribution in [-0.2, 0) is 16.3 Å². The number of rotatable bonds is 6. The van der Waals surface area contributed by atoms with Gasteiger partial charge in [-0.3, -0.25) is 4.79 Å². The van der Waals surface area contributed by atoms with E-state index in [2.05, 4.69) is 5.32 Å². The zero-order valence-corrected chi connectivity index (χ0v) is 19.1. The SMILES string of the molecule is Cc1c(C(=O)Nc2ccc(S(C)(=O)=O)c(F)c2)cc(CC(C)O)n1-c1ccc(F)cc1Cl. The third-order valence-corrected chi connectivity index (χ3v) is 6.25. The third-order valence-electron chi connectivity index (χ3n) is 4.81. The van der Waals surface area contributed by atoms with Crippen LogP contribution >= 0.6 is 11.6 Å². The molecule has 0 aliphatic rings. The summed E-state index contributed by atoms with van der Waals surface area (Å²) < 4.78 is 52.5. The maximum Gasteiger partial charge on any atom is 0.257 e. The van der Waals surface area contributed by atoms with Gasteiger partial charge in [0.1, 0.15) is 16.5 Å². The Morgan fingerprint density at radius 2 is 1.88 bits per heavy atom. The molecule has 0 radical (unpaired) electrons. The van der Waals surface area contributed by atoms with Crippen molar-refractivity contribution >= 4 is 33.0 Å². The van der Waals surface area contributed by atoms with E-state index in [-0.39, 0.29) is 22.7 Å². The lowest BCUT2D eigenvalue weighted by atomic mass is 10.2. The van der Waals surface area contributed by atoms with Gasteiger partial charge in [0.25, 0.3) is 5.91 Å². The van der Waals surface area contributed by atoms with Crippen LogP contribution in [0.3, 0.4) is 0 Å². The summed E-state index contributed by atoms with van der Waals surface area (Å²) in [5, 5.41) is 12.6. The molecule has 1 amide bonds. The highest BCUT2D eigenvalue weighted by Crippen LogP contribution is 2.29. The van der Waals surface area contributed by atoms with Crippen molar-refractivity contribution < 1.29 is 27.1 Å². The van der Waals surface area contributed by atoms with Gasteiger partial charge in [0.15, 0.2) is 9.84 Å². The molecular formula is C22H21ClF2N2O4S. The van der Waals surface area contributed by atoms with Crippen molar-refractivity contribution in [1.82, 2.24) is 4.57 Å². The summed E-state index contributed by atoms with van der Waals surface area (Å²) in [5.74, 6) is -2.07. The number of nitrogens with zero attached hydrogens (tertiary/aromatic N) is 1. The molecule has 0 fully saturated rings. The number of amides is 1. The van der Waals surface area contributed by atoms with E-state index in [4.69, 9.17) is 11.6 Å². The molecule has 1 atom stereocenters. The molecule has 32 heavy (non-hydrogen) atoms. The highest BCUT2D eigenvalue weighted by atomic mass is 35.5. The Labute approximate surface area is 189 Å². The fourth-order valence-electron chi connectivity index (χ4n) is 3.43. The molecule has 0 bridgehead atoms. The lowest BCUT2D eigenvalue weighted by Crippen LogP contribution is -2.14. The summed E-state index contributed by atoms with van der Waals surface area (Å²) in [6, 6.07) is 8.71. The number of carbonyl (C=O) groups excluding carboxylic acids is 1. The van der Waals surface area contributed by atoms with Crippen molar-refractivity contribution in [2.45, 2.75) is 31.3 Å². The van der Waals surface area contributed by atoms with E-state index >= 15 is 0 Å². The van der Waals surface area contributed by atoms with E-state index in [9.17, 15) is 27.1 Å². The first-order valence-corrected chi connectivity index (χ1v) is 11.8. The third kappa shape index (κ3) is 5.01. The van der Waals surface area contributed by atoms with Gasteiger partial charge in [0, 0.05) is 29.8 Å². The van der Waals surface area contributed by atoms with Gasteiger partial charge in [0.05, 0.1) is 22.4 Å². The van der Waals surface area contributed by atoms with Crippen LogP contribution in [0.25, 0.3) is 5.69 Å². The fourth-order valence-corrected chi connectivity index (χ4v) is 4.41. The van der Waals surface area contributed by atoms with Crippen LogP contribution in [-0.4, -0.2) is 36.4 Å². The standard InChI is InChI=1S/C22H21ClF2N2O4S/c1-12(28)8-16-11-17(13(2)27(16)20-6-4-14(24)9-18(20)23)22(29)26-15-5-7-21(19(25)10-15)32(3,30)31/h4-7,9-12,28H,8H2,1-3H3,(H,26,29). The number of sulfone groups is 1. The first-order chi connectivity index (χ1) is 14.9. The highest BCUT2D eigenvalue weighted by Gasteiger charge is 2.22. The summed E-state index contributed by atoms with van der Waals surface area (Å²) in [6.07, 6.45) is 0.357. The Kier molecular flexibility index (Phi) is 6.73. The number of nitrogens with one attached hydrogen (secondary N) is 1. The number of aliphatic hydroxyl groups is 1. The summed E-state index contributed by atoms with van der Waals surface area (Å²) in [4.78, 5) is 12.5. The molecule has 0 saturated heterocycles. The zero-order valence-electron chi connectivity index (χ0n) is 17.5. The maximum absolute atomic E-state index is 14.2. The molecular weight excluding hydrogens is 462 g/mol. The minimum atomic E-state index is -3.74. The molecule has 3 rings (SSSR count). The average Bonchev–Trinajstić information content (AvgIpc) is 2.96. The first-order valence-electron chi connectivity index (χ1n) is 9.54. The second kappa shape index (κ2) is 9.01. The second-order valence-corrected chi connectivity index (χ2v) is 9.88. The Balaban J connectivity index is 2.02. The number of benzene rings is 2. The van der Waals surface area contributed by atoms with E-state index < -0.39 is 38.4 Å². The monoisotopic (exact) mass is 482 g/mol. The van der Waals surface area contributed by atoms with Crippen molar-refractivity contribution in [2.75, 3.05) is 11.6 Å². The molecule has 0 saturated carbocycles. The number of hydrogen-bond donors (Lipinski definition) is 2. The van der Waals surface area contributed by atoms with Crippen molar-refractivity contribution in [3.05, 3.63) is 76.1 Å². The van der Waals surface area contributed by atoms with Crippen LogP contribution in [0, 0.1) is 18.6 Å². The van der Waals surface area contributed by atoms with E-state index in [0.717, 1.165) is 24.5 Å². The number of carbonyl (C=O) groups is 1. The van der Waals surface area contributed by atoms with Crippen molar-refractivity contribution in [2.24, 2.45) is 0 Å². The molecule has 0 aliphatic heterocycles. The van der Waals surface area contributed by atoms with E-state index in [1.807, 2.05) is 0 Å². The summed E-state index contributed by atoms with van der Waals surface area (Å²) >= 11 is 6.22. The molecule has 6 nitrogen and oxygen atoms in total. The average molecular weight is 483 g/mol. The zero-order chi connectivity index (χ0) is 23.8. The van der Waals surface area contributed by atoms with E-state index in [1.54, 1.807) is 24.5 Å². The first kappa shape index (κ1) is 23.9. The molecule has 1 aromatic heterocycles.